The summed E-state index contributed by atoms with van der Waals surface area (Å²) in [5.41, 5.74) is 2.88. The molecule has 0 aliphatic carbocycles. The first-order valence-electron chi connectivity index (χ1n) is 8.58. The maximum Gasteiger partial charge on any atom is 0.274 e. The van der Waals surface area contributed by atoms with Crippen LogP contribution in [0.2, 0.25) is 10.0 Å². The Bertz CT molecular complexity index is 1150. The van der Waals surface area contributed by atoms with E-state index in [1.165, 1.54) is 0 Å². The van der Waals surface area contributed by atoms with Gasteiger partial charge in [0.2, 0.25) is 0 Å². The lowest BCUT2D eigenvalue weighted by Crippen LogP contribution is -2.13. The number of rotatable bonds is 5. The second-order valence-corrected chi connectivity index (χ2v) is 8.00. The highest BCUT2D eigenvalue weighted by molar-refractivity contribution is 9.10. The molecule has 1 amide bonds. The van der Waals surface area contributed by atoms with Gasteiger partial charge in [-0.1, -0.05) is 47.5 Å². The largest absolute Gasteiger partial charge is 0.303 e. The van der Waals surface area contributed by atoms with E-state index < -0.39 is 0 Å². The number of hydrogen-bond acceptors (Lipinski definition) is 3. The number of H-pyrrole nitrogens is 1. The number of anilines is 1. The molecule has 0 unspecified atom stereocenters. The number of benzene rings is 2. The number of amides is 1. The smallest absolute Gasteiger partial charge is 0.274 e. The van der Waals surface area contributed by atoms with Crippen LogP contribution in [0.5, 0.6) is 0 Å². The highest BCUT2D eigenvalue weighted by Gasteiger charge is 2.15. The Kier molecular flexibility index (Phi) is 5.71. The van der Waals surface area contributed by atoms with Gasteiger partial charge in [-0.15, -0.1) is 0 Å². The molecule has 146 valence electrons. The summed E-state index contributed by atoms with van der Waals surface area (Å²) in [5.74, 6) is 0.0850. The van der Waals surface area contributed by atoms with Crippen LogP contribution in [0.4, 0.5) is 5.82 Å². The van der Waals surface area contributed by atoms with Crippen LogP contribution in [-0.4, -0.2) is 25.9 Å². The predicted molar refractivity (Wildman–Crippen MR) is 117 cm³/mol. The summed E-state index contributed by atoms with van der Waals surface area (Å²) >= 11 is 15.3. The molecular weight excluding hydrogens is 477 g/mol. The Morgan fingerprint density at radius 1 is 1.07 bits per heavy atom. The van der Waals surface area contributed by atoms with Gasteiger partial charge in [0.1, 0.15) is 5.69 Å². The third-order valence-corrected chi connectivity index (χ3v) is 5.25. The SMILES string of the molecule is O=C(Nc1nn(Cc2ccc(Cl)cc2)cc1Br)c1cc(-c2ccc(Cl)cc2)n[nH]1. The summed E-state index contributed by atoms with van der Waals surface area (Å²) in [6, 6.07) is 16.4. The second kappa shape index (κ2) is 8.41. The molecule has 0 saturated heterocycles. The quantitative estimate of drug-likeness (QED) is 0.380. The maximum atomic E-state index is 12.6. The first kappa shape index (κ1) is 19.7. The predicted octanol–water partition coefficient (Wildman–Crippen LogP) is 5.64. The minimum absolute atomic E-state index is 0.328. The zero-order valence-electron chi connectivity index (χ0n) is 14.9. The highest BCUT2D eigenvalue weighted by atomic mass is 79.9. The van der Waals surface area contributed by atoms with E-state index in [2.05, 4.69) is 36.5 Å². The van der Waals surface area contributed by atoms with Gasteiger partial charge in [0.15, 0.2) is 5.82 Å². The molecule has 0 bridgehead atoms. The van der Waals surface area contributed by atoms with Crippen molar-refractivity contribution in [3.8, 4) is 11.3 Å². The van der Waals surface area contributed by atoms with Gasteiger partial charge in [-0.05, 0) is 51.8 Å². The minimum atomic E-state index is -0.338. The van der Waals surface area contributed by atoms with E-state index >= 15 is 0 Å². The fraction of sp³-hybridized carbons (Fsp3) is 0.0500. The molecule has 0 aliphatic heterocycles. The number of nitrogens with one attached hydrogen (secondary N) is 2. The summed E-state index contributed by atoms with van der Waals surface area (Å²) in [5, 5.41) is 15.5. The normalized spacial score (nSPS) is 10.9. The van der Waals surface area contributed by atoms with Gasteiger partial charge in [0.05, 0.1) is 16.7 Å². The van der Waals surface area contributed by atoms with E-state index in [0.717, 1.165) is 11.1 Å². The van der Waals surface area contributed by atoms with Gasteiger partial charge in [-0.25, -0.2) is 0 Å². The van der Waals surface area contributed by atoms with E-state index in [1.54, 1.807) is 29.1 Å². The molecule has 0 aliphatic rings. The Morgan fingerprint density at radius 3 is 2.41 bits per heavy atom. The van der Waals surface area contributed by atoms with E-state index in [0.29, 0.717) is 38.3 Å². The molecule has 6 nitrogen and oxygen atoms in total. The molecule has 2 aromatic carbocycles. The molecule has 29 heavy (non-hydrogen) atoms. The third-order valence-electron chi connectivity index (χ3n) is 4.17. The Morgan fingerprint density at radius 2 is 1.72 bits per heavy atom. The van der Waals surface area contributed by atoms with Gasteiger partial charge < -0.3 is 5.32 Å². The lowest BCUT2D eigenvalue weighted by Gasteiger charge is -2.02. The number of hydrogen-bond donors (Lipinski definition) is 2. The molecule has 0 atom stereocenters. The van der Waals surface area contributed by atoms with Crippen molar-refractivity contribution in [1.29, 1.82) is 0 Å². The Balaban J connectivity index is 1.46. The van der Waals surface area contributed by atoms with Crippen molar-refractivity contribution in [2.24, 2.45) is 0 Å². The lowest BCUT2D eigenvalue weighted by atomic mass is 10.1. The molecule has 0 saturated carbocycles. The molecular formula is C20H14BrCl2N5O. The topological polar surface area (TPSA) is 75.6 Å². The van der Waals surface area contributed by atoms with Crippen molar-refractivity contribution < 1.29 is 4.79 Å². The van der Waals surface area contributed by atoms with Crippen molar-refractivity contribution in [2.45, 2.75) is 6.54 Å². The van der Waals surface area contributed by atoms with E-state index in [4.69, 9.17) is 23.2 Å². The van der Waals surface area contributed by atoms with Gasteiger partial charge in [-0.2, -0.15) is 10.2 Å². The lowest BCUT2D eigenvalue weighted by molar-refractivity contribution is 0.102. The van der Waals surface area contributed by atoms with Crippen molar-refractivity contribution in [2.75, 3.05) is 5.32 Å². The molecule has 2 heterocycles. The number of carbonyl (C=O) groups excluding carboxylic acids is 1. The Labute approximate surface area is 185 Å². The van der Waals surface area contributed by atoms with E-state index in [-0.39, 0.29) is 5.91 Å². The highest BCUT2D eigenvalue weighted by Crippen LogP contribution is 2.23. The maximum absolute atomic E-state index is 12.6. The van der Waals surface area contributed by atoms with E-state index in [1.807, 2.05) is 36.4 Å². The molecule has 0 spiro atoms. The zero-order chi connectivity index (χ0) is 20.4. The molecule has 0 radical (unpaired) electrons. The van der Waals surface area contributed by atoms with Crippen LogP contribution < -0.4 is 5.32 Å². The minimum Gasteiger partial charge on any atom is -0.303 e. The molecule has 4 aromatic rings. The number of nitrogens with zero attached hydrogens (tertiary/aromatic N) is 3. The van der Waals surface area contributed by atoms with Gasteiger partial charge >= 0.3 is 0 Å². The first-order chi connectivity index (χ1) is 14.0. The van der Waals surface area contributed by atoms with Gasteiger partial charge in [-0.3, -0.25) is 14.6 Å². The Hall–Kier alpha value is -2.61. The van der Waals surface area contributed by atoms with Crippen LogP contribution in [0.1, 0.15) is 16.1 Å². The standard InChI is InChI=1S/C20H14BrCl2N5O/c21-16-11-28(10-12-1-5-14(22)6-2-12)27-19(16)24-20(29)18-9-17(25-26-18)13-3-7-15(23)8-4-13/h1-9,11H,10H2,(H,25,26)(H,24,27,29). The molecule has 2 aromatic heterocycles. The fourth-order valence-corrected chi connectivity index (χ4v) is 3.39. The number of halogens is 3. The summed E-state index contributed by atoms with van der Waals surface area (Å²) < 4.78 is 2.41. The number of aromatic nitrogens is 4. The molecule has 2 N–H and O–H groups in total. The van der Waals surface area contributed by atoms with Crippen molar-refractivity contribution in [1.82, 2.24) is 20.0 Å². The van der Waals surface area contributed by atoms with Gasteiger partial charge in [0, 0.05) is 21.8 Å². The van der Waals surface area contributed by atoms with Crippen LogP contribution in [0.3, 0.4) is 0 Å². The van der Waals surface area contributed by atoms with Gasteiger partial charge in [0.25, 0.3) is 5.91 Å². The van der Waals surface area contributed by atoms with Crippen LogP contribution in [-0.2, 0) is 6.54 Å². The number of aromatic amines is 1. The van der Waals surface area contributed by atoms with E-state index in [9.17, 15) is 4.79 Å². The van der Waals surface area contributed by atoms with Crippen LogP contribution in [0.15, 0.2) is 65.3 Å². The van der Waals surface area contributed by atoms with Crippen molar-refractivity contribution >= 4 is 50.9 Å². The second-order valence-electron chi connectivity index (χ2n) is 6.28. The summed E-state index contributed by atoms with van der Waals surface area (Å²) in [7, 11) is 0. The zero-order valence-corrected chi connectivity index (χ0v) is 18.0. The average Bonchev–Trinajstić information content (AvgIpc) is 3.32. The van der Waals surface area contributed by atoms with Crippen LogP contribution in [0.25, 0.3) is 11.3 Å². The van der Waals surface area contributed by atoms with Crippen molar-refractivity contribution in [3.05, 3.63) is 86.6 Å². The monoisotopic (exact) mass is 489 g/mol. The summed E-state index contributed by atoms with van der Waals surface area (Å²) in [4.78, 5) is 12.6. The third kappa shape index (κ3) is 4.70. The summed E-state index contributed by atoms with van der Waals surface area (Å²) in [6.45, 7) is 0.552. The molecule has 4 rings (SSSR count). The average molecular weight is 491 g/mol. The first-order valence-corrected chi connectivity index (χ1v) is 10.1. The molecule has 9 heteroatoms. The summed E-state index contributed by atoms with van der Waals surface area (Å²) in [6.07, 6.45) is 1.80. The number of carbonyl (C=O) groups is 1. The van der Waals surface area contributed by atoms with Crippen LogP contribution >= 0.6 is 39.1 Å². The molecule has 0 fully saturated rings. The van der Waals surface area contributed by atoms with Crippen LogP contribution in [0, 0.1) is 0 Å². The fourth-order valence-electron chi connectivity index (χ4n) is 2.72. The van der Waals surface area contributed by atoms with Crippen molar-refractivity contribution in [3.63, 3.8) is 0 Å².